The quantitative estimate of drug-likeness (QED) is 0.857. The van der Waals surface area contributed by atoms with Crippen molar-refractivity contribution in [2.45, 2.75) is 50.8 Å². The van der Waals surface area contributed by atoms with E-state index in [4.69, 9.17) is 0 Å². The molecule has 3 rings (SSSR count). The summed E-state index contributed by atoms with van der Waals surface area (Å²) in [7, 11) is -3.37. The molecule has 0 aliphatic heterocycles. The molecular weight excluding hydrogens is 318 g/mol. The standard InChI is InChI=1S/C20H25NO2S/c1-2-20(19-13-12-17-10-6-7-11-18(17)14-19)21-24(22,23)15-16-8-4-3-5-9-16/h3-5,8-9,12-14,20-21H,2,6-7,10-11,15H2,1H3/t20-/m0/s1. The van der Waals surface area contributed by atoms with Crippen molar-refractivity contribution in [2.75, 3.05) is 0 Å². The van der Waals surface area contributed by atoms with Crippen LogP contribution in [0.1, 0.15) is 54.5 Å². The Morgan fingerprint density at radius 1 is 1.00 bits per heavy atom. The third-order valence-electron chi connectivity index (χ3n) is 4.70. The lowest BCUT2D eigenvalue weighted by molar-refractivity contribution is 0.548. The number of hydrogen-bond acceptors (Lipinski definition) is 2. The lowest BCUT2D eigenvalue weighted by atomic mass is 9.89. The van der Waals surface area contributed by atoms with E-state index in [-0.39, 0.29) is 11.8 Å². The van der Waals surface area contributed by atoms with Gasteiger partial charge in [-0.1, -0.05) is 55.5 Å². The van der Waals surface area contributed by atoms with Gasteiger partial charge in [0.05, 0.1) is 5.75 Å². The van der Waals surface area contributed by atoms with Crippen molar-refractivity contribution in [3.05, 3.63) is 70.8 Å². The third kappa shape index (κ3) is 4.25. The van der Waals surface area contributed by atoms with Crippen molar-refractivity contribution in [1.29, 1.82) is 0 Å². The van der Waals surface area contributed by atoms with Gasteiger partial charge in [0.25, 0.3) is 0 Å². The molecular formula is C20H25NO2S. The van der Waals surface area contributed by atoms with Crippen molar-refractivity contribution in [1.82, 2.24) is 4.72 Å². The molecule has 1 N–H and O–H groups in total. The van der Waals surface area contributed by atoms with Gasteiger partial charge in [-0.15, -0.1) is 0 Å². The molecule has 24 heavy (non-hydrogen) atoms. The number of rotatable bonds is 6. The number of nitrogens with one attached hydrogen (secondary N) is 1. The van der Waals surface area contributed by atoms with Gasteiger partial charge in [0.1, 0.15) is 0 Å². The van der Waals surface area contributed by atoms with E-state index in [2.05, 4.69) is 22.9 Å². The summed E-state index contributed by atoms with van der Waals surface area (Å²) >= 11 is 0. The highest BCUT2D eigenvalue weighted by Gasteiger charge is 2.20. The number of hydrogen-bond donors (Lipinski definition) is 1. The highest BCUT2D eigenvalue weighted by molar-refractivity contribution is 7.88. The Bertz CT molecular complexity index is 785. The summed E-state index contributed by atoms with van der Waals surface area (Å²) in [4.78, 5) is 0. The molecule has 0 aromatic heterocycles. The van der Waals surface area contributed by atoms with E-state index < -0.39 is 10.0 Å². The van der Waals surface area contributed by atoms with E-state index in [1.807, 2.05) is 37.3 Å². The molecule has 1 aliphatic rings. The molecule has 0 amide bonds. The zero-order valence-corrected chi connectivity index (χ0v) is 15.0. The number of sulfonamides is 1. The first-order valence-corrected chi connectivity index (χ1v) is 10.4. The van der Waals surface area contributed by atoms with Crippen molar-refractivity contribution in [3.8, 4) is 0 Å². The van der Waals surface area contributed by atoms with Crippen LogP contribution in [0.5, 0.6) is 0 Å². The lowest BCUT2D eigenvalue weighted by Crippen LogP contribution is -2.29. The van der Waals surface area contributed by atoms with Crippen LogP contribution in [0.25, 0.3) is 0 Å². The molecule has 0 spiro atoms. The average molecular weight is 343 g/mol. The second-order valence-electron chi connectivity index (χ2n) is 6.56. The predicted octanol–water partition coefficient (Wildman–Crippen LogP) is 4.14. The van der Waals surface area contributed by atoms with Crippen LogP contribution < -0.4 is 4.72 Å². The van der Waals surface area contributed by atoms with Gasteiger partial charge in [0.15, 0.2) is 0 Å². The van der Waals surface area contributed by atoms with Crippen LogP contribution in [-0.4, -0.2) is 8.42 Å². The average Bonchev–Trinajstić information content (AvgIpc) is 2.60. The molecule has 0 fully saturated rings. The monoisotopic (exact) mass is 343 g/mol. The van der Waals surface area contributed by atoms with E-state index in [1.54, 1.807) is 0 Å². The fourth-order valence-electron chi connectivity index (χ4n) is 3.41. The van der Waals surface area contributed by atoms with Crippen molar-refractivity contribution < 1.29 is 8.42 Å². The Kier molecular flexibility index (Phi) is 5.36. The van der Waals surface area contributed by atoms with E-state index in [1.165, 1.54) is 24.0 Å². The zero-order chi connectivity index (χ0) is 17.0. The summed E-state index contributed by atoms with van der Waals surface area (Å²) in [6.07, 6.45) is 5.48. The SMILES string of the molecule is CC[C@H](NS(=O)(=O)Cc1ccccc1)c1ccc2c(c1)CCCC2. The molecule has 1 atom stereocenters. The molecule has 2 aromatic carbocycles. The van der Waals surface area contributed by atoms with Crippen LogP contribution in [0.4, 0.5) is 0 Å². The van der Waals surface area contributed by atoms with E-state index in [0.717, 1.165) is 30.4 Å². The van der Waals surface area contributed by atoms with Gasteiger partial charge < -0.3 is 0 Å². The minimum Gasteiger partial charge on any atom is -0.212 e. The zero-order valence-electron chi connectivity index (χ0n) is 14.2. The molecule has 128 valence electrons. The van der Waals surface area contributed by atoms with Crippen LogP contribution in [0.3, 0.4) is 0 Å². The Morgan fingerprint density at radius 2 is 1.71 bits per heavy atom. The van der Waals surface area contributed by atoms with Crippen molar-refractivity contribution >= 4 is 10.0 Å². The second kappa shape index (κ2) is 7.49. The van der Waals surface area contributed by atoms with E-state index >= 15 is 0 Å². The summed E-state index contributed by atoms with van der Waals surface area (Å²) in [5.41, 5.74) is 4.70. The molecule has 0 saturated heterocycles. The van der Waals surface area contributed by atoms with E-state index in [0.29, 0.717) is 0 Å². The molecule has 0 heterocycles. The first-order valence-electron chi connectivity index (χ1n) is 8.73. The predicted molar refractivity (Wildman–Crippen MR) is 98.3 cm³/mol. The largest absolute Gasteiger partial charge is 0.216 e. The first kappa shape index (κ1) is 17.2. The molecule has 0 saturated carbocycles. The van der Waals surface area contributed by atoms with Gasteiger partial charge in [-0.05, 0) is 54.4 Å². The van der Waals surface area contributed by atoms with Gasteiger partial charge in [-0.25, -0.2) is 13.1 Å². The topological polar surface area (TPSA) is 46.2 Å². The van der Waals surface area contributed by atoms with Gasteiger partial charge in [-0.2, -0.15) is 0 Å². The highest BCUT2D eigenvalue weighted by atomic mass is 32.2. The Morgan fingerprint density at radius 3 is 2.42 bits per heavy atom. The Balaban J connectivity index is 1.76. The normalized spacial score (nSPS) is 15.7. The smallest absolute Gasteiger partial charge is 0.212 e. The minimum absolute atomic E-state index is 0.0231. The first-order chi connectivity index (χ1) is 11.6. The van der Waals surface area contributed by atoms with Crippen LogP contribution in [-0.2, 0) is 28.6 Å². The summed E-state index contributed by atoms with van der Waals surface area (Å²) in [5.74, 6) is 0.0231. The summed E-state index contributed by atoms with van der Waals surface area (Å²) in [6.45, 7) is 2.02. The van der Waals surface area contributed by atoms with Gasteiger partial charge in [0.2, 0.25) is 10.0 Å². The summed E-state index contributed by atoms with van der Waals surface area (Å²) in [6, 6.07) is 15.6. The second-order valence-corrected chi connectivity index (χ2v) is 8.31. The maximum atomic E-state index is 12.5. The van der Waals surface area contributed by atoms with Crippen molar-refractivity contribution in [2.24, 2.45) is 0 Å². The number of benzene rings is 2. The molecule has 4 heteroatoms. The summed E-state index contributed by atoms with van der Waals surface area (Å²) in [5, 5.41) is 0. The molecule has 1 aliphatic carbocycles. The fourth-order valence-corrected chi connectivity index (χ4v) is 4.86. The fraction of sp³-hybridized carbons (Fsp3) is 0.400. The van der Waals surface area contributed by atoms with Crippen LogP contribution in [0.15, 0.2) is 48.5 Å². The van der Waals surface area contributed by atoms with Gasteiger partial charge >= 0.3 is 0 Å². The summed E-state index contributed by atoms with van der Waals surface area (Å²) < 4.78 is 27.9. The lowest BCUT2D eigenvalue weighted by Gasteiger charge is -2.21. The maximum Gasteiger partial charge on any atom is 0.216 e. The maximum absolute atomic E-state index is 12.5. The Hall–Kier alpha value is -1.65. The van der Waals surface area contributed by atoms with E-state index in [9.17, 15) is 8.42 Å². The number of aryl methyl sites for hydroxylation is 2. The minimum atomic E-state index is -3.37. The molecule has 3 nitrogen and oxygen atoms in total. The number of fused-ring (bicyclic) bond motifs is 1. The van der Waals surface area contributed by atoms with Gasteiger partial charge in [0, 0.05) is 6.04 Å². The molecule has 0 radical (unpaired) electrons. The highest BCUT2D eigenvalue weighted by Crippen LogP contribution is 2.26. The van der Waals surface area contributed by atoms with Crippen molar-refractivity contribution in [3.63, 3.8) is 0 Å². The Labute approximate surface area is 145 Å². The van der Waals surface area contributed by atoms with Gasteiger partial charge in [-0.3, -0.25) is 0 Å². The van der Waals surface area contributed by atoms with Crippen LogP contribution in [0, 0.1) is 0 Å². The van der Waals surface area contributed by atoms with Crippen LogP contribution >= 0.6 is 0 Å². The van der Waals surface area contributed by atoms with Crippen LogP contribution in [0.2, 0.25) is 0 Å². The molecule has 0 unspecified atom stereocenters. The molecule has 2 aromatic rings. The third-order valence-corrected chi connectivity index (χ3v) is 6.06. The molecule has 0 bridgehead atoms.